The Balaban J connectivity index is 0.00000121. The second-order valence-corrected chi connectivity index (χ2v) is 3.95. The van der Waals surface area contributed by atoms with E-state index < -0.39 is 11.8 Å². The van der Waals surface area contributed by atoms with E-state index in [-0.39, 0.29) is 56.0 Å². The van der Waals surface area contributed by atoms with E-state index in [0.29, 0.717) is 16.3 Å². The maximum Gasteiger partial charge on any atom is 1.00 e. The molecule has 0 N–H and O–H groups in total. The van der Waals surface area contributed by atoms with Crippen LogP contribution in [0.1, 0.15) is 5.01 Å². The molecule has 0 aliphatic heterocycles. The molecule has 0 aliphatic rings. The number of nitrogens with zero attached hydrogens (tertiary/aromatic N) is 1. The topological polar surface area (TPSA) is 12.9 Å². The molecule has 0 unspecified atom stereocenters. The molecule has 0 atom stereocenters. The first-order valence-electron chi connectivity index (χ1n) is 2.74. The second-order valence-electron chi connectivity index (χ2n) is 1.96. The standard InChI is InChI=1S/C4H3BBrF3NS.K/c1-2-10-4(6)3(11-2)5(7,8)9;/h1H3;/q-1;+1. The molecular formula is C4H3BBrF3KNS. The summed E-state index contributed by atoms with van der Waals surface area (Å²) in [5.41, 5.74) is 0. The van der Waals surface area contributed by atoms with Gasteiger partial charge in [0.15, 0.2) is 0 Å². The second kappa shape index (κ2) is 4.90. The fourth-order valence-electron chi connectivity index (χ4n) is 0.619. The first-order chi connectivity index (χ1) is 4.91. The van der Waals surface area contributed by atoms with E-state index in [1.54, 1.807) is 6.92 Å². The SMILES string of the molecule is Cc1nc(Br)c([B-](F)(F)F)s1.[K+]. The number of hydrogen-bond acceptors (Lipinski definition) is 2. The van der Waals surface area contributed by atoms with Crippen LogP contribution in [0.5, 0.6) is 0 Å². The Morgan fingerprint density at radius 3 is 2.08 bits per heavy atom. The molecule has 12 heavy (non-hydrogen) atoms. The normalized spacial score (nSPS) is 11.1. The van der Waals surface area contributed by atoms with Gasteiger partial charge in [0.25, 0.3) is 0 Å². The van der Waals surface area contributed by atoms with Gasteiger partial charge in [-0.3, -0.25) is 0 Å². The maximum atomic E-state index is 12.1. The summed E-state index contributed by atoms with van der Waals surface area (Å²) in [6.07, 6.45) is 0. The Morgan fingerprint density at radius 1 is 1.42 bits per heavy atom. The average Bonchev–Trinajstić information content (AvgIpc) is 2.08. The molecule has 0 bridgehead atoms. The average molecular weight is 284 g/mol. The molecule has 0 aromatic carbocycles. The van der Waals surface area contributed by atoms with Gasteiger partial charge in [-0.05, 0) is 27.6 Å². The van der Waals surface area contributed by atoms with E-state index in [0.717, 1.165) is 0 Å². The molecule has 1 rings (SSSR count). The van der Waals surface area contributed by atoms with Crippen LogP contribution in [-0.4, -0.2) is 12.0 Å². The van der Waals surface area contributed by atoms with Crippen molar-refractivity contribution in [3.8, 4) is 0 Å². The molecule has 0 saturated heterocycles. The molecule has 0 amide bonds. The zero-order valence-corrected chi connectivity index (χ0v) is 12.0. The number of aromatic nitrogens is 1. The van der Waals surface area contributed by atoms with Crippen LogP contribution < -0.4 is 56.2 Å². The van der Waals surface area contributed by atoms with Crippen molar-refractivity contribution in [3.63, 3.8) is 0 Å². The largest absolute Gasteiger partial charge is 1.00 e. The number of thiazole rings is 1. The van der Waals surface area contributed by atoms with E-state index in [4.69, 9.17) is 0 Å². The number of aryl methyl sites for hydroxylation is 1. The smallest absolute Gasteiger partial charge is 0.444 e. The van der Waals surface area contributed by atoms with Crippen molar-refractivity contribution in [2.45, 2.75) is 6.92 Å². The molecule has 1 aromatic heterocycles. The van der Waals surface area contributed by atoms with Gasteiger partial charge in [0, 0.05) is 0 Å². The maximum absolute atomic E-state index is 12.1. The van der Waals surface area contributed by atoms with Crippen LogP contribution in [0.4, 0.5) is 12.9 Å². The van der Waals surface area contributed by atoms with Crippen molar-refractivity contribution in [2.24, 2.45) is 0 Å². The number of rotatable bonds is 1. The minimum absolute atomic E-state index is 0. The molecule has 0 aliphatic carbocycles. The van der Waals surface area contributed by atoms with Gasteiger partial charge in [-0.25, -0.2) is 4.98 Å². The Morgan fingerprint density at radius 2 is 1.92 bits per heavy atom. The van der Waals surface area contributed by atoms with Gasteiger partial charge >= 0.3 is 58.4 Å². The predicted octanol–water partition coefficient (Wildman–Crippen LogP) is -0.728. The minimum Gasteiger partial charge on any atom is -0.444 e. The molecule has 62 valence electrons. The summed E-state index contributed by atoms with van der Waals surface area (Å²) in [7, 11) is 0. The van der Waals surface area contributed by atoms with E-state index in [1.165, 1.54) is 0 Å². The molecule has 1 nitrogen and oxygen atoms in total. The van der Waals surface area contributed by atoms with E-state index >= 15 is 0 Å². The summed E-state index contributed by atoms with van der Waals surface area (Å²) in [5.74, 6) is 0. The van der Waals surface area contributed by atoms with Crippen LogP contribution in [0.15, 0.2) is 4.60 Å². The van der Waals surface area contributed by atoms with E-state index in [2.05, 4.69) is 20.9 Å². The Bertz CT molecular complexity index is 276. The van der Waals surface area contributed by atoms with Crippen molar-refractivity contribution in [3.05, 3.63) is 9.61 Å². The molecule has 8 heteroatoms. The molecule has 0 fully saturated rings. The van der Waals surface area contributed by atoms with Gasteiger partial charge in [0.05, 0.1) is 9.61 Å². The van der Waals surface area contributed by atoms with Crippen LogP contribution >= 0.6 is 27.3 Å². The van der Waals surface area contributed by atoms with Gasteiger partial charge in [0.1, 0.15) is 0 Å². The Hall–Kier alpha value is 1.60. The van der Waals surface area contributed by atoms with Gasteiger partial charge in [-0.15, -0.1) is 0 Å². The third kappa shape index (κ3) is 3.39. The van der Waals surface area contributed by atoms with Gasteiger partial charge < -0.3 is 12.9 Å². The summed E-state index contributed by atoms with van der Waals surface area (Å²) in [6.45, 7) is -3.36. The van der Waals surface area contributed by atoms with Crippen molar-refractivity contribution in [1.82, 2.24) is 4.98 Å². The predicted molar refractivity (Wildman–Crippen MR) is 43.3 cm³/mol. The van der Waals surface area contributed by atoms with Crippen molar-refractivity contribution in [1.29, 1.82) is 0 Å². The number of hydrogen-bond donors (Lipinski definition) is 0. The molecule has 0 radical (unpaired) electrons. The first kappa shape index (κ1) is 13.6. The molecule has 1 heterocycles. The van der Waals surface area contributed by atoms with Crippen LogP contribution in [0.25, 0.3) is 0 Å². The summed E-state index contributed by atoms with van der Waals surface area (Å²) in [4.78, 5) is 3.61. The summed E-state index contributed by atoms with van der Waals surface area (Å²) < 4.78 is 35.5. The molecule has 0 spiro atoms. The van der Waals surface area contributed by atoms with Crippen molar-refractivity contribution < 1.29 is 64.3 Å². The van der Waals surface area contributed by atoms with Gasteiger partial charge in [0.2, 0.25) is 0 Å². The zero-order chi connectivity index (χ0) is 8.65. The van der Waals surface area contributed by atoms with Crippen LogP contribution in [-0.2, 0) is 0 Å². The van der Waals surface area contributed by atoms with E-state index in [9.17, 15) is 12.9 Å². The summed E-state index contributed by atoms with van der Waals surface area (Å²) in [5, 5.41) is 0.422. The molecular weight excluding hydrogens is 281 g/mol. The van der Waals surface area contributed by atoms with Crippen LogP contribution in [0.3, 0.4) is 0 Å². The van der Waals surface area contributed by atoms with Gasteiger partial charge in [-0.2, -0.15) is 11.3 Å². The molecule has 1 aromatic rings. The Labute approximate surface area is 123 Å². The fourth-order valence-corrected chi connectivity index (χ4v) is 2.22. The summed E-state index contributed by atoms with van der Waals surface area (Å²) >= 11 is 3.41. The third-order valence-corrected chi connectivity index (χ3v) is 2.95. The van der Waals surface area contributed by atoms with Crippen molar-refractivity contribution in [2.75, 3.05) is 0 Å². The fraction of sp³-hybridized carbons (Fsp3) is 0.250. The van der Waals surface area contributed by atoms with E-state index in [1.807, 2.05) is 0 Å². The first-order valence-corrected chi connectivity index (χ1v) is 4.35. The van der Waals surface area contributed by atoms with Gasteiger partial charge in [-0.1, -0.05) is 0 Å². The minimum atomic E-state index is -4.90. The Kier molecular flexibility index (Phi) is 5.56. The third-order valence-electron chi connectivity index (χ3n) is 1.01. The van der Waals surface area contributed by atoms with Crippen LogP contribution in [0, 0.1) is 6.92 Å². The number of halogens is 4. The van der Waals surface area contributed by atoms with Crippen molar-refractivity contribution >= 4 is 39.0 Å². The zero-order valence-electron chi connectivity index (χ0n) is 6.44. The monoisotopic (exact) mass is 283 g/mol. The quantitative estimate of drug-likeness (QED) is 0.620. The van der Waals surface area contributed by atoms with Crippen LogP contribution in [0.2, 0.25) is 0 Å². The summed E-state index contributed by atoms with van der Waals surface area (Å²) in [6, 6.07) is 0. The molecule has 0 saturated carbocycles.